The van der Waals surface area contributed by atoms with E-state index in [1.165, 1.54) is 38.4 Å². The van der Waals surface area contributed by atoms with Crippen molar-refractivity contribution in [2.24, 2.45) is 0 Å². The van der Waals surface area contributed by atoms with E-state index >= 15 is 0 Å². The second kappa shape index (κ2) is 7.60. The van der Waals surface area contributed by atoms with E-state index in [4.69, 9.17) is 4.74 Å². The Kier molecular flexibility index (Phi) is 5.80. The fourth-order valence-corrected chi connectivity index (χ4v) is 2.61. The van der Waals surface area contributed by atoms with Crippen LogP contribution in [-0.4, -0.2) is 38.2 Å². The van der Waals surface area contributed by atoms with Gasteiger partial charge in [0.1, 0.15) is 18.2 Å². The molecule has 0 bridgehead atoms. The summed E-state index contributed by atoms with van der Waals surface area (Å²) < 4.78 is 19.2. The summed E-state index contributed by atoms with van der Waals surface area (Å²) in [6.45, 7) is 5.96. The average Bonchev–Trinajstić information content (AvgIpc) is 2.49. The molecule has 1 aliphatic rings. The van der Waals surface area contributed by atoms with Gasteiger partial charge in [-0.05, 0) is 58.1 Å². The fourth-order valence-electron chi connectivity index (χ4n) is 2.61. The lowest BCUT2D eigenvalue weighted by molar-refractivity contribution is 0.182. The molecule has 2 rings (SSSR count). The summed E-state index contributed by atoms with van der Waals surface area (Å²) in [6, 6.07) is 4.82. The van der Waals surface area contributed by atoms with E-state index in [2.05, 4.69) is 10.2 Å². The van der Waals surface area contributed by atoms with E-state index in [0.29, 0.717) is 6.61 Å². The fraction of sp³-hybridized carbons (Fsp3) is 0.625. The quantitative estimate of drug-likeness (QED) is 0.867. The second-order valence-electron chi connectivity index (χ2n) is 5.44. The molecule has 1 aliphatic heterocycles. The molecule has 0 radical (unpaired) electrons. The molecule has 3 nitrogen and oxygen atoms in total. The standard InChI is InChI=1S/C16H25FN2O/c1-13(18-2)15-12-14(17)6-7-16(15)20-11-10-19-8-4-3-5-9-19/h6-7,12-13,18H,3-5,8-11H2,1-2H3. The van der Waals surface area contributed by atoms with Crippen molar-refractivity contribution in [2.45, 2.75) is 32.2 Å². The van der Waals surface area contributed by atoms with Crippen molar-refractivity contribution >= 4 is 0 Å². The largest absolute Gasteiger partial charge is 0.492 e. The highest BCUT2D eigenvalue weighted by Gasteiger charge is 2.13. The minimum atomic E-state index is -0.217. The second-order valence-corrected chi connectivity index (χ2v) is 5.44. The molecule has 0 aromatic heterocycles. The smallest absolute Gasteiger partial charge is 0.124 e. The lowest BCUT2D eigenvalue weighted by Crippen LogP contribution is -2.33. The van der Waals surface area contributed by atoms with Crippen LogP contribution in [0.2, 0.25) is 0 Å². The lowest BCUT2D eigenvalue weighted by atomic mass is 10.1. The number of nitrogens with zero attached hydrogens (tertiary/aromatic N) is 1. The molecule has 1 unspecified atom stereocenters. The molecular formula is C16H25FN2O. The van der Waals surface area contributed by atoms with Gasteiger partial charge < -0.3 is 10.1 Å². The molecule has 1 aromatic carbocycles. The van der Waals surface area contributed by atoms with Crippen LogP contribution in [0.4, 0.5) is 4.39 Å². The Balaban J connectivity index is 1.91. The van der Waals surface area contributed by atoms with Crippen molar-refractivity contribution < 1.29 is 9.13 Å². The summed E-state index contributed by atoms with van der Waals surface area (Å²) in [6.07, 6.45) is 3.93. The molecule has 1 aromatic rings. The first-order valence-corrected chi connectivity index (χ1v) is 7.52. The maximum atomic E-state index is 13.4. The number of ether oxygens (including phenoxy) is 1. The number of rotatable bonds is 6. The van der Waals surface area contributed by atoms with E-state index in [-0.39, 0.29) is 11.9 Å². The number of hydrogen-bond donors (Lipinski definition) is 1. The van der Waals surface area contributed by atoms with E-state index in [1.54, 1.807) is 12.1 Å². The summed E-state index contributed by atoms with van der Waals surface area (Å²) in [5, 5.41) is 3.13. The Morgan fingerprint density at radius 3 is 2.75 bits per heavy atom. The zero-order chi connectivity index (χ0) is 14.4. The Labute approximate surface area is 121 Å². The Morgan fingerprint density at radius 1 is 1.30 bits per heavy atom. The Hall–Kier alpha value is -1.13. The van der Waals surface area contributed by atoms with E-state index < -0.39 is 0 Å². The van der Waals surface area contributed by atoms with Gasteiger partial charge >= 0.3 is 0 Å². The number of hydrogen-bond acceptors (Lipinski definition) is 3. The van der Waals surface area contributed by atoms with Crippen molar-refractivity contribution in [3.8, 4) is 5.75 Å². The third-order valence-electron chi connectivity index (χ3n) is 3.99. The summed E-state index contributed by atoms with van der Waals surface area (Å²) in [5.74, 6) is 0.565. The molecular weight excluding hydrogens is 255 g/mol. The number of halogens is 1. The molecule has 1 heterocycles. The van der Waals surface area contributed by atoms with Gasteiger partial charge in [0, 0.05) is 18.2 Å². The zero-order valence-electron chi connectivity index (χ0n) is 12.5. The van der Waals surface area contributed by atoms with Gasteiger partial charge in [-0.3, -0.25) is 4.90 Å². The molecule has 0 aliphatic carbocycles. The van der Waals surface area contributed by atoms with Crippen LogP contribution in [0.1, 0.15) is 37.8 Å². The molecule has 0 spiro atoms. The average molecular weight is 280 g/mol. The molecule has 112 valence electrons. The first-order valence-electron chi connectivity index (χ1n) is 7.52. The van der Waals surface area contributed by atoms with Gasteiger partial charge in [-0.15, -0.1) is 0 Å². The number of benzene rings is 1. The van der Waals surface area contributed by atoms with Gasteiger partial charge in [0.05, 0.1) is 0 Å². The SMILES string of the molecule is CNC(C)c1cc(F)ccc1OCCN1CCCCC1. The normalized spacial score (nSPS) is 17.9. The van der Waals surface area contributed by atoms with Gasteiger partial charge in [-0.2, -0.15) is 0 Å². The van der Waals surface area contributed by atoms with Gasteiger partial charge in [0.25, 0.3) is 0 Å². The molecule has 1 saturated heterocycles. The summed E-state index contributed by atoms with van der Waals surface area (Å²) >= 11 is 0. The van der Waals surface area contributed by atoms with Gasteiger partial charge in [0.15, 0.2) is 0 Å². The van der Waals surface area contributed by atoms with Crippen LogP contribution >= 0.6 is 0 Å². The molecule has 0 amide bonds. The van der Waals surface area contributed by atoms with Crippen LogP contribution in [0.15, 0.2) is 18.2 Å². The lowest BCUT2D eigenvalue weighted by Gasteiger charge is -2.26. The van der Waals surface area contributed by atoms with Crippen LogP contribution in [-0.2, 0) is 0 Å². The molecule has 1 atom stereocenters. The van der Waals surface area contributed by atoms with Crippen molar-refractivity contribution in [3.05, 3.63) is 29.6 Å². The molecule has 4 heteroatoms. The third-order valence-corrected chi connectivity index (χ3v) is 3.99. The number of likely N-dealkylation sites (tertiary alicyclic amines) is 1. The molecule has 1 N–H and O–H groups in total. The summed E-state index contributed by atoms with van der Waals surface area (Å²) in [4.78, 5) is 2.44. The highest BCUT2D eigenvalue weighted by Crippen LogP contribution is 2.26. The summed E-state index contributed by atoms with van der Waals surface area (Å²) in [5.41, 5.74) is 0.881. The highest BCUT2D eigenvalue weighted by atomic mass is 19.1. The number of piperidine rings is 1. The van der Waals surface area contributed by atoms with Crippen molar-refractivity contribution in [3.63, 3.8) is 0 Å². The topological polar surface area (TPSA) is 24.5 Å². The maximum absolute atomic E-state index is 13.4. The van der Waals surface area contributed by atoms with Gasteiger partial charge in [-0.25, -0.2) is 4.39 Å². The third kappa shape index (κ3) is 4.18. The monoisotopic (exact) mass is 280 g/mol. The minimum Gasteiger partial charge on any atom is -0.492 e. The Bertz CT molecular complexity index is 419. The van der Waals surface area contributed by atoms with E-state index in [9.17, 15) is 4.39 Å². The van der Waals surface area contributed by atoms with Crippen LogP contribution in [0.5, 0.6) is 5.75 Å². The van der Waals surface area contributed by atoms with Crippen molar-refractivity contribution in [1.82, 2.24) is 10.2 Å². The molecule has 20 heavy (non-hydrogen) atoms. The van der Waals surface area contributed by atoms with Crippen LogP contribution in [0.25, 0.3) is 0 Å². The van der Waals surface area contributed by atoms with Gasteiger partial charge in [-0.1, -0.05) is 6.42 Å². The minimum absolute atomic E-state index is 0.0793. The molecule has 0 saturated carbocycles. The van der Waals surface area contributed by atoms with Crippen molar-refractivity contribution in [2.75, 3.05) is 33.3 Å². The van der Waals surface area contributed by atoms with E-state index in [1.807, 2.05) is 14.0 Å². The summed E-state index contributed by atoms with van der Waals surface area (Å²) in [7, 11) is 1.87. The number of nitrogens with one attached hydrogen (secondary N) is 1. The van der Waals surface area contributed by atoms with Crippen LogP contribution < -0.4 is 10.1 Å². The first-order chi connectivity index (χ1) is 9.70. The predicted octanol–water partition coefficient (Wildman–Crippen LogP) is 2.97. The predicted molar refractivity (Wildman–Crippen MR) is 79.7 cm³/mol. The Morgan fingerprint density at radius 2 is 2.05 bits per heavy atom. The van der Waals surface area contributed by atoms with Crippen LogP contribution in [0.3, 0.4) is 0 Å². The van der Waals surface area contributed by atoms with Crippen LogP contribution in [0, 0.1) is 5.82 Å². The first kappa shape index (κ1) is 15.3. The molecule has 1 fully saturated rings. The van der Waals surface area contributed by atoms with Crippen molar-refractivity contribution in [1.29, 1.82) is 0 Å². The highest BCUT2D eigenvalue weighted by molar-refractivity contribution is 5.36. The van der Waals surface area contributed by atoms with E-state index in [0.717, 1.165) is 17.9 Å². The maximum Gasteiger partial charge on any atom is 0.124 e. The zero-order valence-corrected chi connectivity index (χ0v) is 12.5. The van der Waals surface area contributed by atoms with Gasteiger partial charge in [0.2, 0.25) is 0 Å².